The highest BCUT2D eigenvalue weighted by molar-refractivity contribution is 6.31. The van der Waals surface area contributed by atoms with Crippen LogP contribution in [0.15, 0.2) is 58.9 Å². The molecular weight excluding hydrogens is 352 g/mol. The van der Waals surface area contributed by atoms with Gasteiger partial charge in [-0.25, -0.2) is 4.90 Å². The average Bonchev–Trinajstić information content (AvgIpc) is 3.17. The van der Waals surface area contributed by atoms with E-state index in [-0.39, 0.29) is 11.8 Å². The van der Waals surface area contributed by atoms with Crippen LogP contribution in [0.25, 0.3) is 0 Å². The molecule has 7 heteroatoms. The van der Waals surface area contributed by atoms with Crippen molar-refractivity contribution in [3.63, 3.8) is 0 Å². The lowest BCUT2D eigenvalue weighted by atomic mass is 10.1. The number of carbonyl (C=O) groups excluding carboxylic acids is 2. The van der Waals surface area contributed by atoms with Gasteiger partial charge in [0.2, 0.25) is 0 Å². The summed E-state index contributed by atoms with van der Waals surface area (Å²) in [7, 11) is 0. The summed E-state index contributed by atoms with van der Waals surface area (Å²) in [4.78, 5) is 26.7. The zero-order valence-electron chi connectivity index (χ0n) is 14.2. The van der Waals surface area contributed by atoms with Crippen LogP contribution in [0.4, 0.5) is 5.69 Å². The number of nitrogens with zero attached hydrogens (tertiary/aromatic N) is 4. The number of imide groups is 1. The lowest BCUT2D eigenvalue weighted by Crippen LogP contribution is -2.39. The molecule has 2 aliphatic rings. The highest BCUT2D eigenvalue weighted by atomic mass is 35.5. The zero-order chi connectivity index (χ0) is 18.3. The topological polar surface area (TPSA) is 65.3 Å². The fourth-order valence-electron chi connectivity index (χ4n) is 3.27. The van der Waals surface area contributed by atoms with Crippen LogP contribution >= 0.6 is 11.6 Å². The Balaban J connectivity index is 1.56. The Kier molecular flexibility index (Phi) is 4.20. The predicted octanol–water partition coefficient (Wildman–Crippen LogP) is 3.40. The van der Waals surface area contributed by atoms with Gasteiger partial charge < -0.3 is 0 Å². The van der Waals surface area contributed by atoms with Crippen molar-refractivity contribution in [2.24, 2.45) is 10.3 Å². The molecule has 1 fully saturated rings. The molecule has 2 aromatic carbocycles. The summed E-state index contributed by atoms with van der Waals surface area (Å²) >= 11 is 5.89. The van der Waals surface area contributed by atoms with Crippen LogP contribution in [-0.2, 0) is 22.6 Å². The van der Waals surface area contributed by atoms with Gasteiger partial charge in [0.25, 0.3) is 11.8 Å². The first kappa shape index (κ1) is 16.7. The zero-order valence-corrected chi connectivity index (χ0v) is 14.9. The number of anilines is 1. The number of aryl methyl sites for hydroxylation is 1. The van der Waals surface area contributed by atoms with Gasteiger partial charge in [-0.2, -0.15) is 5.11 Å². The number of halogens is 1. The van der Waals surface area contributed by atoms with E-state index in [4.69, 9.17) is 11.6 Å². The maximum absolute atomic E-state index is 12.9. The highest BCUT2D eigenvalue weighted by Gasteiger charge is 2.54. The van der Waals surface area contributed by atoms with Gasteiger partial charge in [0.05, 0.1) is 12.2 Å². The van der Waals surface area contributed by atoms with E-state index < -0.39 is 12.1 Å². The SMILES string of the molecule is CCc1ccc(CN2N=N[C@H]3C(=O)N(c4ccc(Cl)cc4)C(=O)[C@@H]32)cc1. The molecule has 2 aromatic rings. The van der Waals surface area contributed by atoms with Crippen molar-refractivity contribution < 1.29 is 9.59 Å². The minimum atomic E-state index is -0.784. The van der Waals surface area contributed by atoms with Crippen LogP contribution in [0.2, 0.25) is 5.02 Å². The highest BCUT2D eigenvalue weighted by Crippen LogP contribution is 2.33. The van der Waals surface area contributed by atoms with Gasteiger partial charge in [0, 0.05) is 5.02 Å². The molecule has 2 heterocycles. The third-order valence-corrected chi connectivity index (χ3v) is 4.97. The average molecular weight is 369 g/mol. The molecule has 0 saturated carbocycles. The molecule has 6 nitrogen and oxygen atoms in total. The van der Waals surface area contributed by atoms with Crippen molar-refractivity contribution in [2.45, 2.75) is 32.0 Å². The van der Waals surface area contributed by atoms with Crippen molar-refractivity contribution in [1.82, 2.24) is 5.01 Å². The number of hydrogen-bond acceptors (Lipinski definition) is 5. The van der Waals surface area contributed by atoms with Gasteiger partial charge in [0.1, 0.15) is 0 Å². The van der Waals surface area contributed by atoms with E-state index in [2.05, 4.69) is 29.4 Å². The Morgan fingerprint density at radius 3 is 2.27 bits per heavy atom. The molecule has 0 N–H and O–H groups in total. The number of benzene rings is 2. The number of rotatable bonds is 4. The Hall–Kier alpha value is -2.73. The van der Waals surface area contributed by atoms with Crippen molar-refractivity contribution in [3.8, 4) is 0 Å². The quantitative estimate of drug-likeness (QED) is 0.777. The van der Waals surface area contributed by atoms with Crippen molar-refractivity contribution >= 4 is 29.1 Å². The normalized spacial score (nSPS) is 21.6. The summed E-state index contributed by atoms with van der Waals surface area (Å²) in [6.45, 7) is 2.53. The van der Waals surface area contributed by atoms with E-state index in [1.807, 2.05) is 12.1 Å². The van der Waals surface area contributed by atoms with Gasteiger partial charge in [0.15, 0.2) is 12.1 Å². The standard InChI is InChI=1S/C19H17ClN4O2/c1-2-12-3-5-13(6-4-12)11-23-17-16(21-22-23)18(25)24(19(17)26)15-9-7-14(20)8-10-15/h3-10,16-17H,2,11H2,1H3/t16-,17-/m1/s1. The maximum Gasteiger partial charge on any atom is 0.263 e. The molecule has 132 valence electrons. The minimum absolute atomic E-state index is 0.308. The van der Waals surface area contributed by atoms with Gasteiger partial charge in [-0.1, -0.05) is 48.0 Å². The maximum atomic E-state index is 12.9. The fourth-order valence-corrected chi connectivity index (χ4v) is 3.39. The van der Waals surface area contributed by atoms with Crippen LogP contribution in [-0.4, -0.2) is 28.9 Å². The Labute approximate surface area is 156 Å². The fraction of sp³-hybridized carbons (Fsp3) is 0.263. The largest absolute Gasteiger partial charge is 0.271 e. The summed E-state index contributed by atoms with van der Waals surface area (Å²) in [6.07, 6.45) is 0.970. The molecular formula is C19H17ClN4O2. The Bertz CT molecular complexity index is 879. The van der Waals surface area contributed by atoms with Crippen LogP contribution in [0.1, 0.15) is 18.1 Å². The van der Waals surface area contributed by atoms with Crippen molar-refractivity contribution in [1.29, 1.82) is 0 Å². The van der Waals surface area contributed by atoms with E-state index in [0.717, 1.165) is 12.0 Å². The van der Waals surface area contributed by atoms with Gasteiger partial charge in [-0.3, -0.25) is 14.6 Å². The van der Waals surface area contributed by atoms with E-state index in [1.165, 1.54) is 10.5 Å². The van der Waals surface area contributed by atoms with Crippen LogP contribution in [0, 0.1) is 0 Å². The molecule has 2 aliphatic heterocycles. The molecule has 4 rings (SSSR count). The van der Waals surface area contributed by atoms with Crippen molar-refractivity contribution in [2.75, 3.05) is 4.90 Å². The molecule has 0 unspecified atom stereocenters. The molecule has 2 atom stereocenters. The van der Waals surface area contributed by atoms with E-state index in [0.29, 0.717) is 17.3 Å². The van der Waals surface area contributed by atoms with E-state index in [9.17, 15) is 9.59 Å². The monoisotopic (exact) mass is 368 g/mol. The molecule has 0 spiro atoms. The summed E-state index contributed by atoms with van der Waals surface area (Å²) < 4.78 is 0. The van der Waals surface area contributed by atoms with Crippen LogP contribution < -0.4 is 4.90 Å². The number of hydrogen-bond donors (Lipinski definition) is 0. The van der Waals surface area contributed by atoms with E-state index >= 15 is 0 Å². The second-order valence-corrected chi connectivity index (χ2v) is 6.79. The Morgan fingerprint density at radius 1 is 0.962 bits per heavy atom. The molecule has 0 bridgehead atoms. The third kappa shape index (κ3) is 2.76. The first-order valence-corrected chi connectivity index (χ1v) is 8.85. The minimum Gasteiger partial charge on any atom is -0.271 e. The molecule has 1 saturated heterocycles. The molecule has 0 aromatic heterocycles. The third-order valence-electron chi connectivity index (χ3n) is 4.72. The molecule has 0 aliphatic carbocycles. The number of fused-ring (bicyclic) bond motifs is 1. The van der Waals surface area contributed by atoms with Crippen LogP contribution in [0.3, 0.4) is 0 Å². The summed E-state index contributed by atoms with van der Waals surface area (Å²) in [5.41, 5.74) is 2.77. The first-order chi connectivity index (χ1) is 12.6. The summed E-state index contributed by atoms with van der Waals surface area (Å²) in [5, 5.41) is 10.3. The number of amides is 2. The Morgan fingerprint density at radius 2 is 1.62 bits per heavy atom. The summed E-state index contributed by atoms with van der Waals surface area (Å²) in [6, 6.07) is 13.3. The second-order valence-electron chi connectivity index (χ2n) is 6.35. The van der Waals surface area contributed by atoms with Gasteiger partial charge in [-0.05, 0) is 41.8 Å². The first-order valence-electron chi connectivity index (χ1n) is 8.47. The number of carbonyl (C=O) groups is 2. The van der Waals surface area contributed by atoms with Crippen LogP contribution in [0.5, 0.6) is 0 Å². The van der Waals surface area contributed by atoms with E-state index in [1.54, 1.807) is 29.3 Å². The lowest BCUT2D eigenvalue weighted by molar-refractivity contribution is -0.123. The lowest BCUT2D eigenvalue weighted by Gasteiger charge is -2.20. The van der Waals surface area contributed by atoms with Gasteiger partial charge >= 0.3 is 0 Å². The second kappa shape index (κ2) is 6.53. The molecule has 26 heavy (non-hydrogen) atoms. The smallest absolute Gasteiger partial charge is 0.263 e. The molecule has 2 amide bonds. The molecule has 0 radical (unpaired) electrons. The van der Waals surface area contributed by atoms with Crippen molar-refractivity contribution in [3.05, 3.63) is 64.7 Å². The van der Waals surface area contributed by atoms with Gasteiger partial charge in [-0.15, -0.1) is 0 Å². The predicted molar refractivity (Wildman–Crippen MR) is 97.7 cm³/mol. The summed E-state index contributed by atoms with van der Waals surface area (Å²) in [5.74, 6) is -0.660.